The van der Waals surface area contributed by atoms with Crippen molar-refractivity contribution in [1.29, 1.82) is 0 Å². The van der Waals surface area contributed by atoms with Gasteiger partial charge >= 0.3 is 11.9 Å². The maximum absolute atomic E-state index is 11.7. The molecule has 33 heavy (non-hydrogen) atoms. The lowest BCUT2D eigenvalue weighted by Crippen LogP contribution is -2.62. The van der Waals surface area contributed by atoms with E-state index in [1.165, 1.54) is 0 Å². The van der Waals surface area contributed by atoms with Crippen LogP contribution >= 0.6 is 0 Å². The molecule has 0 aliphatic heterocycles. The monoisotopic (exact) mass is 465 g/mol. The lowest BCUT2D eigenvalue weighted by atomic mass is 9.43. The fraction of sp³-hybridized carbons (Fsp3) is 0.923. The predicted molar refractivity (Wildman–Crippen MR) is 123 cm³/mol. The van der Waals surface area contributed by atoms with Crippen molar-refractivity contribution in [1.82, 2.24) is 0 Å². The van der Waals surface area contributed by atoms with Gasteiger partial charge in [-0.3, -0.25) is 9.59 Å². The number of carboxylic acids is 1. The highest BCUT2D eigenvalue weighted by Gasteiger charge is 2.65. The van der Waals surface area contributed by atoms with Crippen molar-refractivity contribution in [2.24, 2.45) is 52.1 Å². The average Bonchev–Trinajstić information content (AvgIpc) is 3.12. The molecule has 4 aliphatic carbocycles. The Bertz CT molecular complexity index is 759. The Morgan fingerprint density at radius 1 is 1.09 bits per heavy atom. The molecule has 0 aromatic rings. The van der Waals surface area contributed by atoms with Gasteiger partial charge in [0.15, 0.2) is 0 Å². The number of hydrogen-bond donors (Lipinski definition) is 4. The summed E-state index contributed by atoms with van der Waals surface area (Å²) in [5.74, 6) is 0.320. The molecule has 0 spiro atoms. The van der Waals surface area contributed by atoms with E-state index in [0.717, 1.165) is 38.5 Å². The first-order valence-corrected chi connectivity index (χ1v) is 13.0. The van der Waals surface area contributed by atoms with E-state index in [0.29, 0.717) is 12.8 Å². The summed E-state index contributed by atoms with van der Waals surface area (Å²) in [4.78, 5) is 22.9. The summed E-state index contributed by atoms with van der Waals surface area (Å²) in [6.45, 7) is 6.57. The molecule has 0 saturated heterocycles. The van der Waals surface area contributed by atoms with Crippen LogP contribution in [0.5, 0.6) is 0 Å². The van der Waals surface area contributed by atoms with Gasteiger partial charge in [0.1, 0.15) is 6.10 Å². The molecule has 0 amide bonds. The van der Waals surface area contributed by atoms with Crippen molar-refractivity contribution >= 4 is 11.9 Å². The van der Waals surface area contributed by atoms with E-state index < -0.39 is 18.2 Å². The second-order valence-corrected chi connectivity index (χ2v) is 12.1. The quantitative estimate of drug-likeness (QED) is 0.444. The zero-order chi connectivity index (χ0) is 24.1. The fourth-order valence-corrected chi connectivity index (χ4v) is 9.01. The molecule has 7 heteroatoms. The number of carboxylic acid groups (broad SMARTS) is 1. The summed E-state index contributed by atoms with van der Waals surface area (Å²) in [7, 11) is 0. The van der Waals surface area contributed by atoms with E-state index in [2.05, 4.69) is 20.8 Å². The molecule has 4 fully saturated rings. The summed E-state index contributed by atoms with van der Waals surface area (Å²) >= 11 is 0. The Kier molecular flexibility index (Phi) is 6.89. The summed E-state index contributed by atoms with van der Waals surface area (Å²) < 4.78 is 5.56. The maximum atomic E-state index is 11.7. The normalized spacial score (nSPS) is 47.7. The van der Waals surface area contributed by atoms with Gasteiger partial charge in [-0.1, -0.05) is 20.8 Å². The van der Waals surface area contributed by atoms with Gasteiger partial charge in [-0.2, -0.15) is 0 Å². The van der Waals surface area contributed by atoms with Crippen LogP contribution in [0.1, 0.15) is 78.6 Å². The molecule has 188 valence electrons. The van der Waals surface area contributed by atoms with Gasteiger partial charge in [0, 0.05) is 6.42 Å². The zero-order valence-corrected chi connectivity index (χ0v) is 20.4. The van der Waals surface area contributed by atoms with Gasteiger partial charge in [0.25, 0.3) is 0 Å². The Labute approximate surface area is 197 Å². The second-order valence-electron chi connectivity index (χ2n) is 12.1. The number of aliphatic hydroxyl groups excluding tert-OH is 2. The summed E-state index contributed by atoms with van der Waals surface area (Å²) in [6.07, 6.45) is 5.70. The SMILES string of the molecule is C[C@H](CCC(=O)O)[C@H]1CCC2C3C(O)C[C@@H]4C[C@H](OC(=O)CN)CC[C@]4(C)C3C[C@H](O)[C@@]21C. The van der Waals surface area contributed by atoms with Crippen LogP contribution in [0.4, 0.5) is 0 Å². The summed E-state index contributed by atoms with van der Waals surface area (Å²) in [6, 6.07) is 0. The Hall–Kier alpha value is -1.18. The molecule has 0 bridgehead atoms. The smallest absolute Gasteiger partial charge is 0.319 e. The highest BCUT2D eigenvalue weighted by Crippen LogP contribution is 2.68. The number of nitrogens with two attached hydrogens (primary N) is 1. The van der Waals surface area contributed by atoms with Crippen LogP contribution in [-0.4, -0.2) is 52.1 Å². The number of hydrogen-bond acceptors (Lipinski definition) is 6. The van der Waals surface area contributed by atoms with Crippen molar-refractivity contribution in [3.63, 3.8) is 0 Å². The average molecular weight is 466 g/mol. The van der Waals surface area contributed by atoms with Gasteiger partial charge in [0.05, 0.1) is 18.8 Å². The zero-order valence-electron chi connectivity index (χ0n) is 20.4. The molecule has 4 rings (SSSR count). The van der Waals surface area contributed by atoms with Crippen molar-refractivity contribution in [2.45, 2.75) is 96.9 Å². The third kappa shape index (κ3) is 4.12. The first kappa shape index (κ1) is 24.9. The largest absolute Gasteiger partial charge is 0.481 e. The molecular weight excluding hydrogens is 422 g/mol. The number of carbonyl (C=O) groups is 2. The second kappa shape index (κ2) is 9.12. The standard InChI is InChI=1S/C26H43NO6/c1-14(4-7-22(30)31)17-5-6-18-24-19(12-21(29)26(17,18)3)25(2)9-8-16(33-23(32)13-27)10-15(25)11-20(24)28/h14-21,24,28-29H,4-13,27H2,1-3H3,(H,30,31)/t14-,15+,16-,17-,18?,19?,20?,21+,24?,25+,26-/m1/s1. The van der Waals surface area contributed by atoms with E-state index in [1.54, 1.807) is 0 Å². The maximum Gasteiger partial charge on any atom is 0.319 e. The molecule has 0 aromatic carbocycles. The lowest BCUT2D eigenvalue weighted by Gasteiger charge is -2.63. The molecule has 11 atom stereocenters. The molecule has 0 heterocycles. The Balaban J connectivity index is 1.54. The summed E-state index contributed by atoms with van der Waals surface area (Å²) in [5.41, 5.74) is 5.17. The van der Waals surface area contributed by atoms with Crippen LogP contribution in [0.2, 0.25) is 0 Å². The van der Waals surface area contributed by atoms with E-state index in [4.69, 9.17) is 15.6 Å². The third-order valence-electron chi connectivity index (χ3n) is 10.8. The molecular formula is C26H43NO6. The first-order chi connectivity index (χ1) is 15.5. The van der Waals surface area contributed by atoms with Gasteiger partial charge < -0.3 is 25.8 Å². The van der Waals surface area contributed by atoms with Crippen molar-refractivity contribution in [2.75, 3.05) is 6.54 Å². The van der Waals surface area contributed by atoms with Crippen LogP contribution < -0.4 is 5.73 Å². The number of rotatable bonds is 6. The molecule has 7 nitrogen and oxygen atoms in total. The minimum absolute atomic E-state index is 0.0187. The molecule has 4 aliphatic rings. The number of esters is 1. The lowest BCUT2D eigenvalue weighted by molar-refractivity contribution is -0.209. The number of ether oxygens (including phenoxy) is 1. The van der Waals surface area contributed by atoms with Gasteiger partial charge in [-0.25, -0.2) is 0 Å². The number of carbonyl (C=O) groups excluding carboxylic acids is 1. The molecule has 0 aromatic heterocycles. The predicted octanol–water partition coefficient (Wildman–Crippen LogP) is 2.96. The van der Waals surface area contributed by atoms with E-state index >= 15 is 0 Å². The minimum Gasteiger partial charge on any atom is -0.481 e. The number of fused-ring (bicyclic) bond motifs is 5. The van der Waals surface area contributed by atoms with Crippen LogP contribution in [0.15, 0.2) is 0 Å². The van der Waals surface area contributed by atoms with Gasteiger partial charge in [-0.15, -0.1) is 0 Å². The van der Waals surface area contributed by atoms with Crippen molar-refractivity contribution in [3.05, 3.63) is 0 Å². The van der Waals surface area contributed by atoms with Gasteiger partial charge in [-0.05, 0) is 97.7 Å². The molecule has 4 saturated carbocycles. The fourth-order valence-electron chi connectivity index (χ4n) is 9.01. The van der Waals surface area contributed by atoms with Crippen molar-refractivity contribution in [3.8, 4) is 0 Å². The topological polar surface area (TPSA) is 130 Å². The van der Waals surface area contributed by atoms with Crippen LogP contribution in [-0.2, 0) is 14.3 Å². The molecule has 0 radical (unpaired) electrons. The highest BCUT2D eigenvalue weighted by atomic mass is 16.5. The first-order valence-electron chi connectivity index (χ1n) is 13.0. The Morgan fingerprint density at radius 2 is 1.82 bits per heavy atom. The third-order valence-corrected chi connectivity index (χ3v) is 10.8. The van der Waals surface area contributed by atoms with Crippen LogP contribution in [0.25, 0.3) is 0 Å². The van der Waals surface area contributed by atoms with Crippen LogP contribution in [0, 0.1) is 46.3 Å². The van der Waals surface area contributed by atoms with Crippen molar-refractivity contribution < 1.29 is 29.6 Å². The number of aliphatic hydroxyl groups is 2. The molecule has 4 unspecified atom stereocenters. The summed E-state index contributed by atoms with van der Waals surface area (Å²) in [5, 5.41) is 32.2. The minimum atomic E-state index is -0.764. The van der Waals surface area contributed by atoms with Gasteiger partial charge in [0.2, 0.25) is 0 Å². The highest BCUT2D eigenvalue weighted by molar-refractivity contribution is 5.71. The van der Waals surface area contributed by atoms with E-state index in [9.17, 15) is 19.8 Å². The molecule has 5 N–H and O–H groups in total. The van der Waals surface area contributed by atoms with E-state index in [1.807, 2.05) is 0 Å². The Morgan fingerprint density at radius 3 is 2.48 bits per heavy atom. The van der Waals surface area contributed by atoms with Crippen LogP contribution in [0.3, 0.4) is 0 Å². The van der Waals surface area contributed by atoms with E-state index in [-0.39, 0.29) is 71.4 Å². The number of aliphatic carboxylic acids is 1.